The Bertz CT molecular complexity index is 898. The van der Waals surface area contributed by atoms with Crippen LogP contribution in [0.2, 0.25) is 0 Å². The van der Waals surface area contributed by atoms with Gasteiger partial charge in [0.15, 0.2) is 0 Å². The van der Waals surface area contributed by atoms with Crippen molar-refractivity contribution in [1.82, 2.24) is 15.3 Å². The topological polar surface area (TPSA) is 76.1 Å². The molecule has 1 heterocycles. The molecule has 1 atom stereocenters. The van der Waals surface area contributed by atoms with E-state index >= 15 is 0 Å². The quantitative estimate of drug-likeness (QED) is 0.628. The van der Waals surface area contributed by atoms with Crippen molar-refractivity contribution in [3.05, 3.63) is 83.7 Å². The van der Waals surface area contributed by atoms with Gasteiger partial charge in [-0.1, -0.05) is 48.5 Å². The summed E-state index contributed by atoms with van der Waals surface area (Å²) >= 11 is 0. The highest BCUT2D eigenvalue weighted by atomic mass is 16.5. The zero-order valence-corrected chi connectivity index (χ0v) is 16.1. The molecule has 0 saturated carbocycles. The molecule has 3 aromatic rings. The van der Waals surface area contributed by atoms with Crippen LogP contribution in [0.5, 0.6) is 5.75 Å². The Morgan fingerprint density at radius 2 is 1.71 bits per heavy atom. The van der Waals surface area contributed by atoms with E-state index in [1.807, 2.05) is 61.5 Å². The third-order valence-electron chi connectivity index (χ3n) is 4.43. The minimum absolute atomic E-state index is 0.0904. The van der Waals surface area contributed by atoms with E-state index in [4.69, 9.17) is 4.74 Å². The molecule has 144 valence electrons. The molecule has 0 saturated heterocycles. The second kappa shape index (κ2) is 9.50. The van der Waals surface area contributed by atoms with Crippen LogP contribution in [0, 0.1) is 0 Å². The minimum Gasteiger partial charge on any atom is -0.496 e. The highest BCUT2D eigenvalue weighted by Crippen LogP contribution is 2.17. The van der Waals surface area contributed by atoms with Gasteiger partial charge >= 0.3 is 0 Å². The summed E-state index contributed by atoms with van der Waals surface area (Å²) in [4.78, 5) is 20.9. The van der Waals surface area contributed by atoms with E-state index in [0.717, 1.165) is 23.3 Å². The number of para-hydroxylation sites is 1. The Kier molecular flexibility index (Phi) is 6.57. The number of ether oxygens (including phenoxy) is 1. The summed E-state index contributed by atoms with van der Waals surface area (Å²) in [6.07, 6.45) is 3.85. The van der Waals surface area contributed by atoms with E-state index in [1.54, 1.807) is 7.11 Å². The van der Waals surface area contributed by atoms with Gasteiger partial charge in [-0.25, -0.2) is 9.97 Å². The number of benzene rings is 2. The third-order valence-corrected chi connectivity index (χ3v) is 4.43. The maximum atomic E-state index is 12.4. The molecule has 2 aromatic carbocycles. The zero-order valence-electron chi connectivity index (χ0n) is 16.1. The van der Waals surface area contributed by atoms with E-state index in [0.29, 0.717) is 18.1 Å². The lowest BCUT2D eigenvalue weighted by atomic mass is 10.1. The molecule has 6 heteroatoms. The van der Waals surface area contributed by atoms with E-state index in [2.05, 4.69) is 20.6 Å². The number of amides is 1. The molecule has 0 aliphatic rings. The van der Waals surface area contributed by atoms with Crippen molar-refractivity contribution in [2.75, 3.05) is 19.0 Å². The Morgan fingerprint density at radius 1 is 1.04 bits per heavy atom. The van der Waals surface area contributed by atoms with Gasteiger partial charge in [0.1, 0.15) is 5.75 Å². The van der Waals surface area contributed by atoms with Crippen LogP contribution < -0.4 is 15.4 Å². The van der Waals surface area contributed by atoms with Crippen LogP contribution in [0.4, 0.5) is 5.95 Å². The van der Waals surface area contributed by atoms with Gasteiger partial charge in [-0.2, -0.15) is 0 Å². The van der Waals surface area contributed by atoms with Crippen LogP contribution in [-0.2, 0) is 6.42 Å². The summed E-state index contributed by atoms with van der Waals surface area (Å²) in [6.45, 7) is 2.61. The first-order valence-corrected chi connectivity index (χ1v) is 9.21. The number of carbonyl (C=O) groups excluding carboxylic acids is 1. The van der Waals surface area contributed by atoms with Gasteiger partial charge in [0.2, 0.25) is 5.95 Å². The predicted octanol–water partition coefficient (Wildman–Crippen LogP) is 3.63. The van der Waals surface area contributed by atoms with Gasteiger partial charge < -0.3 is 15.4 Å². The standard InChI is InChI=1S/C22H24N4O2/c1-16(17-8-4-3-5-9-17)26-21(27)19-14-24-22(25-15-19)23-13-12-18-10-6-7-11-20(18)28-2/h3-11,14-16H,12-13H2,1-2H3,(H,26,27)(H,23,24,25). The van der Waals surface area contributed by atoms with Crippen LogP contribution in [0.15, 0.2) is 67.0 Å². The lowest BCUT2D eigenvalue weighted by molar-refractivity contribution is 0.0939. The third kappa shape index (κ3) is 5.07. The second-order valence-corrected chi connectivity index (χ2v) is 6.39. The molecule has 0 bridgehead atoms. The maximum Gasteiger partial charge on any atom is 0.254 e. The molecule has 1 unspecified atom stereocenters. The number of hydrogen-bond acceptors (Lipinski definition) is 5. The number of hydrogen-bond donors (Lipinski definition) is 2. The van der Waals surface area contributed by atoms with E-state index in [-0.39, 0.29) is 11.9 Å². The van der Waals surface area contributed by atoms with Crippen molar-refractivity contribution in [2.45, 2.75) is 19.4 Å². The molecule has 1 aromatic heterocycles. The summed E-state index contributed by atoms with van der Waals surface area (Å²) in [5, 5.41) is 6.12. The summed E-state index contributed by atoms with van der Waals surface area (Å²) < 4.78 is 5.35. The molecule has 28 heavy (non-hydrogen) atoms. The maximum absolute atomic E-state index is 12.4. The number of nitrogens with zero attached hydrogens (tertiary/aromatic N) is 2. The number of aromatic nitrogens is 2. The lowest BCUT2D eigenvalue weighted by Gasteiger charge is -2.14. The molecule has 2 N–H and O–H groups in total. The van der Waals surface area contributed by atoms with Crippen molar-refractivity contribution in [3.8, 4) is 5.75 Å². The largest absolute Gasteiger partial charge is 0.496 e. The van der Waals surface area contributed by atoms with E-state index in [9.17, 15) is 4.79 Å². The summed E-state index contributed by atoms with van der Waals surface area (Å²) in [5.41, 5.74) is 2.59. The fourth-order valence-corrected chi connectivity index (χ4v) is 2.86. The summed E-state index contributed by atoms with van der Waals surface area (Å²) in [5.74, 6) is 1.16. The number of nitrogens with one attached hydrogen (secondary N) is 2. The molecule has 1 amide bonds. The minimum atomic E-state index is -0.197. The molecular formula is C22H24N4O2. The molecule has 0 aliphatic carbocycles. The summed E-state index contributed by atoms with van der Waals surface area (Å²) in [6, 6.07) is 17.6. The Balaban J connectivity index is 1.52. The highest BCUT2D eigenvalue weighted by molar-refractivity contribution is 5.93. The first-order chi connectivity index (χ1) is 13.7. The Morgan fingerprint density at radius 3 is 2.43 bits per heavy atom. The number of anilines is 1. The average molecular weight is 376 g/mol. The average Bonchev–Trinajstić information content (AvgIpc) is 2.75. The predicted molar refractivity (Wildman–Crippen MR) is 110 cm³/mol. The molecular weight excluding hydrogens is 352 g/mol. The molecule has 0 radical (unpaired) electrons. The van der Waals surface area contributed by atoms with Crippen LogP contribution in [0.3, 0.4) is 0 Å². The lowest BCUT2D eigenvalue weighted by Crippen LogP contribution is -2.27. The first kappa shape index (κ1) is 19.4. The van der Waals surface area contributed by atoms with Gasteiger partial charge in [-0.3, -0.25) is 4.79 Å². The smallest absolute Gasteiger partial charge is 0.254 e. The van der Waals surface area contributed by atoms with Crippen molar-refractivity contribution < 1.29 is 9.53 Å². The van der Waals surface area contributed by atoms with Crippen LogP contribution in [0.1, 0.15) is 34.5 Å². The molecule has 0 aliphatic heterocycles. The van der Waals surface area contributed by atoms with Gasteiger partial charge in [-0.15, -0.1) is 0 Å². The molecule has 6 nitrogen and oxygen atoms in total. The van der Waals surface area contributed by atoms with Gasteiger partial charge in [0.25, 0.3) is 5.91 Å². The van der Waals surface area contributed by atoms with Crippen molar-refractivity contribution >= 4 is 11.9 Å². The SMILES string of the molecule is COc1ccccc1CCNc1ncc(C(=O)NC(C)c2ccccc2)cn1. The van der Waals surface area contributed by atoms with Crippen molar-refractivity contribution in [2.24, 2.45) is 0 Å². The van der Waals surface area contributed by atoms with E-state index in [1.165, 1.54) is 12.4 Å². The number of rotatable bonds is 8. The molecule has 3 rings (SSSR count). The van der Waals surface area contributed by atoms with Crippen molar-refractivity contribution in [3.63, 3.8) is 0 Å². The fraction of sp³-hybridized carbons (Fsp3) is 0.227. The Hall–Kier alpha value is -3.41. The summed E-state index contributed by atoms with van der Waals surface area (Å²) in [7, 11) is 1.66. The zero-order chi connectivity index (χ0) is 19.8. The van der Waals surface area contributed by atoms with Gasteiger partial charge in [0, 0.05) is 18.9 Å². The van der Waals surface area contributed by atoms with Crippen LogP contribution in [-0.4, -0.2) is 29.5 Å². The van der Waals surface area contributed by atoms with Crippen molar-refractivity contribution in [1.29, 1.82) is 0 Å². The molecule has 0 fully saturated rings. The van der Waals surface area contributed by atoms with Gasteiger partial charge in [0.05, 0.1) is 18.7 Å². The number of methoxy groups -OCH3 is 1. The molecule has 0 spiro atoms. The Labute approximate surface area is 165 Å². The van der Waals surface area contributed by atoms with Gasteiger partial charge in [-0.05, 0) is 30.5 Å². The second-order valence-electron chi connectivity index (χ2n) is 6.39. The van der Waals surface area contributed by atoms with Crippen LogP contribution >= 0.6 is 0 Å². The number of carbonyl (C=O) groups is 1. The fourth-order valence-electron chi connectivity index (χ4n) is 2.86. The monoisotopic (exact) mass is 376 g/mol. The normalized spacial score (nSPS) is 11.5. The van der Waals surface area contributed by atoms with Crippen LogP contribution in [0.25, 0.3) is 0 Å². The van der Waals surface area contributed by atoms with E-state index < -0.39 is 0 Å². The first-order valence-electron chi connectivity index (χ1n) is 9.21. The highest BCUT2D eigenvalue weighted by Gasteiger charge is 2.12.